The van der Waals surface area contributed by atoms with Crippen LogP contribution in [0.2, 0.25) is 10.0 Å². The van der Waals surface area contributed by atoms with Crippen LogP contribution in [0.5, 0.6) is 0 Å². The third-order valence-corrected chi connectivity index (χ3v) is 4.17. The number of amides is 1. The molecule has 0 aliphatic rings. The second kappa shape index (κ2) is 8.34. The van der Waals surface area contributed by atoms with E-state index in [2.05, 4.69) is 10.2 Å². The summed E-state index contributed by atoms with van der Waals surface area (Å²) in [7, 11) is 3.97. The van der Waals surface area contributed by atoms with Gasteiger partial charge in [-0.1, -0.05) is 59.6 Å². The van der Waals surface area contributed by atoms with E-state index in [4.69, 9.17) is 23.2 Å². The highest BCUT2D eigenvalue weighted by Crippen LogP contribution is 2.23. The summed E-state index contributed by atoms with van der Waals surface area (Å²) in [5.74, 6) is -0.0425. The van der Waals surface area contributed by atoms with Gasteiger partial charge in [-0.05, 0) is 37.4 Å². The molecule has 0 unspecified atom stereocenters. The topological polar surface area (TPSA) is 32.3 Å². The number of nitrogens with one attached hydrogen (secondary N) is 1. The first-order chi connectivity index (χ1) is 11.0. The number of carbonyl (C=O) groups excluding carboxylic acids is 1. The maximum atomic E-state index is 12.4. The van der Waals surface area contributed by atoms with Gasteiger partial charge in [-0.3, -0.25) is 4.79 Å². The summed E-state index contributed by atoms with van der Waals surface area (Å²) in [5, 5.41) is 4.04. The zero-order chi connectivity index (χ0) is 16.8. The molecule has 23 heavy (non-hydrogen) atoms. The van der Waals surface area contributed by atoms with E-state index in [-0.39, 0.29) is 18.4 Å². The minimum Gasteiger partial charge on any atom is -0.348 e. The van der Waals surface area contributed by atoms with Crippen LogP contribution in [-0.2, 0) is 11.2 Å². The van der Waals surface area contributed by atoms with E-state index >= 15 is 0 Å². The highest BCUT2D eigenvalue weighted by atomic mass is 35.5. The Morgan fingerprint density at radius 2 is 1.78 bits per heavy atom. The average molecular weight is 351 g/mol. The van der Waals surface area contributed by atoms with Crippen LogP contribution in [0.1, 0.15) is 17.2 Å². The third-order valence-electron chi connectivity index (χ3n) is 3.43. The summed E-state index contributed by atoms with van der Waals surface area (Å²) in [6.45, 7) is 0.733. The van der Waals surface area contributed by atoms with Crippen LogP contribution >= 0.6 is 23.2 Å². The van der Waals surface area contributed by atoms with Crippen molar-refractivity contribution in [2.75, 3.05) is 20.6 Å². The predicted octanol–water partition coefficient (Wildman–Crippen LogP) is 3.96. The minimum atomic E-state index is -0.0542. The Balaban J connectivity index is 2.06. The normalized spacial score (nSPS) is 12.2. The van der Waals surface area contributed by atoms with E-state index in [1.807, 2.05) is 50.5 Å². The van der Waals surface area contributed by atoms with E-state index in [1.54, 1.807) is 12.1 Å². The molecule has 1 amide bonds. The van der Waals surface area contributed by atoms with Gasteiger partial charge in [-0.15, -0.1) is 0 Å². The summed E-state index contributed by atoms with van der Waals surface area (Å²) < 4.78 is 0. The van der Waals surface area contributed by atoms with Crippen molar-refractivity contribution in [2.45, 2.75) is 12.5 Å². The lowest BCUT2D eigenvalue weighted by Crippen LogP contribution is -2.36. The van der Waals surface area contributed by atoms with E-state index in [0.717, 1.165) is 17.7 Å². The second-order valence-electron chi connectivity index (χ2n) is 5.72. The molecule has 0 radical (unpaired) electrons. The SMILES string of the molecule is CN(C)C[C@@H](NC(=O)Cc1ccc(Cl)c(Cl)c1)c1ccccc1. The van der Waals surface area contributed by atoms with Crippen molar-refractivity contribution in [1.82, 2.24) is 10.2 Å². The van der Waals surface area contributed by atoms with E-state index in [1.165, 1.54) is 0 Å². The summed E-state index contributed by atoms with van der Waals surface area (Å²) in [4.78, 5) is 14.4. The molecule has 0 aromatic heterocycles. The van der Waals surface area contributed by atoms with Crippen LogP contribution in [0.25, 0.3) is 0 Å². The Bertz CT molecular complexity index is 659. The van der Waals surface area contributed by atoms with Crippen molar-refractivity contribution < 1.29 is 4.79 Å². The molecule has 0 saturated heterocycles. The third kappa shape index (κ3) is 5.54. The molecule has 0 heterocycles. The lowest BCUT2D eigenvalue weighted by molar-refractivity contribution is -0.121. The standard InChI is InChI=1S/C18H20Cl2N2O/c1-22(2)12-17(14-6-4-3-5-7-14)21-18(23)11-13-8-9-15(19)16(20)10-13/h3-10,17H,11-12H2,1-2H3,(H,21,23)/t17-/m1/s1. The zero-order valence-corrected chi connectivity index (χ0v) is 14.7. The Kier molecular flexibility index (Phi) is 6.46. The van der Waals surface area contributed by atoms with Gasteiger partial charge in [0.1, 0.15) is 0 Å². The zero-order valence-electron chi connectivity index (χ0n) is 13.2. The summed E-state index contributed by atoms with van der Waals surface area (Å²) in [6, 6.07) is 15.2. The van der Waals surface area contributed by atoms with Crippen LogP contribution in [0, 0.1) is 0 Å². The fraction of sp³-hybridized carbons (Fsp3) is 0.278. The number of carbonyl (C=O) groups is 1. The number of hydrogen-bond acceptors (Lipinski definition) is 2. The van der Waals surface area contributed by atoms with Gasteiger partial charge < -0.3 is 10.2 Å². The molecule has 1 N–H and O–H groups in total. The molecule has 0 aliphatic heterocycles. The highest BCUT2D eigenvalue weighted by Gasteiger charge is 2.16. The van der Waals surface area contributed by atoms with Crippen LogP contribution < -0.4 is 5.32 Å². The molecule has 0 fully saturated rings. The molecule has 2 aromatic rings. The fourth-order valence-corrected chi connectivity index (χ4v) is 2.69. The van der Waals surface area contributed by atoms with Crippen LogP contribution in [-0.4, -0.2) is 31.4 Å². The highest BCUT2D eigenvalue weighted by molar-refractivity contribution is 6.42. The first-order valence-corrected chi connectivity index (χ1v) is 8.14. The molecule has 0 aliphatic carbocycles. The Morgan fingerprint density at radius 1 is 1.09 bits per heavy atom. The quantitative estimate of drug-likeness (QED) is 0.855. The first-order valence-electron chi connectivity index (χ1n) is 7.38. The molecule has 0 spiro atoms. The van der Waals surface area contributed by atoms with Gasteiger partial charge in [0.05, 0.1) is 22.5 Å². The van der Waals surface area contributed by atoms with Crippen LogP contribution in [0.3, 0.4) is 0 Å². The van der Waals surface area contributed by atoms with Gasteiger partial charge in [0.15, 0.2) is 0 Å². The average Bonchev–Trinajstić information content (AvgIpc) is 2.51. The van der Waals surface area contributed by atoms with Crippen LogP contribution in [0.15, 0.2) is 48.5 Å². The number of likely N-dealkylation sites (N-methyl/N-ethyl adjacent to an activating group) is 1. The summed E-state index contributed by atoms with van der Waals surface area (Å²) in [5.41, 5.74) is 1.93. The molecule has 5 heteroatoms. The van der Waals surface area contributed by atoms with Crippen molar-refractivity contribution in [3.05, 3.63) is 69.7 Å². The number of nitrogens with zero attached hydrogens (tertiary/aromatic N) is 1. The van der Waals surface area contributed by atoms with Gasteiger partial charge in [-0.25, -0.2) is 0 Å². The molecule has 0 bridgehead atoms. The lowest BCUT2D eigenvalue weighted by atomic mass is 10.1. The van der Waals surface area contributed by atoms with Crippen molar-refractivity contribution in [3.63, 3.8) is 0 Å². The summed E-state index contributed by atoms with van der Waals surface area (Å²) in [6.07, 6.45) is 0.271. The Morgan fingerprint density at radius 3 is 2.39 bits per heavy atom. The molecular weight excluding hydrogens is 331 g/mol. The molecule has 0 saturated carbocycles. The minimum absolute atomic E-state index is 0.0425. The smallest absolute Gasteiger partial charge is 0.224 e. The number of benzene rings is 2. The molecule has 2 aromatic carbocycles. The Hall–Kier alpha value is -1.55. The maximum Gasteiger partial charge on any atom is 0.224 e. The number of rotatable bonds is 6. The largest absolute Gasteiger partial charge is 0.348 e. The van der Waals surface area contributed by atoms with Gasteiger partial charge in [0.25, 0.3) is 0 Å². The van der Waals surface area contributed by atoms with Crippen molar-refractivity contribution in [2.24, 2.45) is 0 Å². The van der Waals surface area contributed by atoms with Gasteiger partial charge in [0, 0.05) is 6.54 Å². The van der Waals surface area contributed by atoms with E-state index in [0.29, 0.717) is 10.0 Å². The van der Waals surface area contributed by atoms with Gasteiger partial charge in [-0.2, -0.15) is 0 Å². The monoisotopic (exact) mass is 350 g/mol. The molecule has 3 nitrogen and oxygen atoms in total. The maximum absolute atomic E-state index is 12.4. The molecule has 2 rings (SSSR count). The molecular formula is C18H20Cl2N2O. The second-order valence-corrected chi connectivity index (χ2v) is 6.53. The predicted molar refractivity (Wildman–Crippen MR) is 96.0 cm³/mol. The van der Waals surface area contributed by atoms with Gasteiger partial charge >= 0.3 is 0 Å². The molecule has 1 atom stereocenters. The van der Waals surface area contributed by atoms with Crippen molar-refractivity contribution in [1.29, 1.82) is 0 Å². The van der Waals surface area contributed by atoms with Crippen molar-refractivity contribution in [3.8, 4) is 0 Å². The van der Waals surface area contributed by atoms with Crippen LogP contribution in [0.4, 0.5) is 0 Å². The molecule has 122 valence electrons. The van der Waals surface area contributed by atoms with E-state index < -0.39 is 0 Å². The fourth-order valence-electron chi connectivity index (χ4n) is 2.37. The van der Waals surface area contributed by atoms with Gasteiger partial charge in [0.2, 0.25) is 5.91 Å². The summed E-state index contributed by atoms with van der Waals surface area (Å²) >= 11 is 11.9. The van der Waals surface area contributed by atoms with Crippen molar-refractivity contribution >= 4 is 29.1 Å². The number of hydrogen-bond donors (Lipinski definition) is 1. The van der Waals surface area contributed by atoms with E-state index in [9.17, 15) is 4.79 Å². The number of halogens is 2. The first kappa shape index (κ1) is 17.8. The lowest BCUT2D eigenvalue weighted by Gasteiger charge is -2.23. The Labute approximate surface area is 147 Å².